The van der Waals surface area contributed by atoms with Crippen molar-refractivity contribution >= 4 is 23.4 Å². The zero-order valence-electron chi connectivity index (χ0n) is 11.3. The van der Waals surface area contributed by atoms with E-state index in [-0.39, 0.29) is 11.4 Å². The summed E-state index contributed by atoms with van der Waals surface area (Å²) < 4.78 is 43.9. The molecule has 0 aromatic heterocycles. The highest BCUT2D eigenvalue weighted by molar-refractivity contribution is 7.99. The van der Waals surface area contributed by atoms with Gasteiger partial charge in [0, 0.05) is 18.1 Å². The van der Waals surface area contributed by atoms with Crippen LogP contribution in [0.5, 0.6) is 5.75 Å². The molecular formula is C13H15F3N2O2S. The van der Waals surface area contributed by atoms with E-state index < -0.39 is 23.7 Å². The lowest BCUT2D eigenvalue weighted by molar-refractivity contribution is -0.137. The van der Waals surface area contributed by atoms with Crippen LogP contribution in [0.15, 0.2) is 18.2 Å². The Labute approximate surface area is 124 Å². The first-order valence-corrected chi connectivity index (χ1v) is 7.44. The van der Waals surface area contributed by atoms with Gasteiger partial charge in [-0.1, -0.05) is 0 Å². The number of benzene rings is 1. The molecule has 0 saturated carbocycles. The molecule has 2 N–H and O–H groups in total. The number of alkyl halides is 3. The number of hydrogen-bond donors (Lipinski definition) is 2. The fourth-order valence-corrected chi connectivity index (χ4v) is 2.88. The van der Waals surface area contributed by atoms with Gasteiger partial charge in [0.2, 0.25) is 5.91 Å². The molecule has 1 amide bonds. The fourth-order valence-electron chi connectivity index (χ4n) is 1.95. The minimum absolute atomic E-state index is 0.0895. The van der Waals surface area contributed by atoms with Crippen molar-refractivity contribution in [2.75, 3.05) is 30.5 Å². The summed E-state index contributed by atoms with van der Waals surface area (Å²) >= 11 is 1.59. The molecule has 0 radical (unpaired) electrons. The van der Waals surface area contributed by atoms with Crippen LogP contribution in [0, 0.1) is 0 Å². The normalized spacial score (nSPS) is 19.1. The highest BCUT2D eigenvalue weighted by Crippen LogP contribution is 2.37. The van der Waals surface area contributed by atoms with E-state index in [9.17, 15) is 18.0 Å². The fraction of sp³-hybridized carbons (Fsp3) is 0.462. The topological polar surface area (TPSA) is 50.4 Å². The van der Waals surface area contributed by atoms with Crippen molar-refractivity contribution in [2.45, 2.75) is 12.2 Å². The number of carbonyl (C=O) groups excluding carboxylic acids is 1. The predicted molar refractivity (Wildman–Crippen MR) is 75.7 cm³/mol. The second-order valence-corrected chi connectivity index (χ2v) is 5.63. The van der Waals surface area contributed by atoms with Crippen LogP contribution < -0.4 is 15.4 Å². The lowest BCUT2D eigenvalue weighted by Gasteiger charge is -2.23. The maximum absolute atomic E-state index is 13.0. The van der Waals surface area contributed by atoms with E-state index >= 15 is 0 Å². The second-order valence-electron chi connectivity index (χ2n) is 4.48. The van der Waals surface area contributed by atoms with Crippen molar-refractivity contribution in [3.63, 3.8) is 0 Å². The summed E-state index contributed by atoms with van der Waals surface area (Å²) in [6.07, 6.45) is -4.56. The lowest BCUT2D eigenvalue weighted by Crippen LogP contribution is -2.46. The smallest absolute Gasteiger partial charge is 0.418 e. The summed E-state index contributed by atoms with van der Waals surface area (Å²) in [5, 5.41) is 5.33. The Balaban J connectivity index is 2.20. The summed E-state index contributed by atoms with van der Waals surface area (Å²) in [5.74, 6) is 1.06. The minimum atomic E-state index is -4.56. The second kappa shape index (κ2) is 6.57. The van der Waals surface area contributed by atoms with Crippen LogP contribution >= 0.6 is 11.8 Å². The molecule has 1 aromatic rings. The van der Waals surface area contributed by atoms with Crippen LogP contribution in [0.2, 0.25) is 0 Å². The standard InChI is InChI=1S/C13H15F3N2O2S/c1-20-8-2-3-10(9(6-8)13(14,15)16)18-12(19)11-7-21-5-4-17-11/h2-3,6,11,17H,4-5,7H2,1H3,(H,18,19). The summed E-state index contributed by atoms with van der Waals surface area (Å²) in [6.45, 7) is 0.664. The molecule has 0 bridgehead atoms. The molecule has 1 aliphatic heterocycles. The molecule has 1 heterocycles. The van der Waals surface area contributed by atoms with Gasteiger partial charge in [-0.2, -0.15) is 24.9 Å². The monoisotopic (exact) mass is 320 g/mol. The molecule has 0 aliphatic carbocycles. The van der Waals surface area contributed by atoms with E-state index in [2.05, 4.69) is 10.6 Å². The molecule has 1 fully saturated rings. The third-order valence-electron chi connectivity index (χ3n) is 3.03. The zero-order valence-corrected chi connectivity index (χ0v) is 12.1. The third kappa shape index (κ3) is 4.04. The van der Waals surface area contributed by atoms with Crippen LogP contribution in [-0.2, 0) is 11.0 Å². The Morgan fingerprint density at radius 2 is 2.24 bits per heavy atom. The average Bonchev–Trinajstić information content (AvgIpc) is 2.47. The van der Waals surface area contributed by atoms with Crippen molar-refractivity contribution in [1.82, 2.24) is 5.32 Å². The number of nitrogens with one attached hydrogen (secondary N) is 2. The number of hydrogen-bond acceptors (Lipinski definition) is 4. The van der Waals surface area contributed by atoms with E-state index in [1.165, 1.54) is 19.2 Å². The van der Waals surface area contributed by atoms with Crippen molar-refractivity contribution in [3.8, 4) is 5.75 Å². The van der Waals surface area contributed by atoms with E-state index in [4.69, 9.17) is 4.74 Å². The quantitative estimate of drug-likeness (QED) is 0.898. The Morgan fingerprint density at radius 3 is 2.81 bits per heavy atom. The molecule has 8 heteroatoms. The first kappa shape index (κ1) is 16.0. The first-order valence-electron chi connectivity index (χ1n) is 6.29. The number of anilines is 1. The highest BCUT2D eigenvalue weighted by Gasteiger charge is 2.35. The number of rotatable bonds is 3. The van der Waals surface area contributed by atoms with Gasteiger partial charge in [-0.25, -0.2) is 0 Å². The van der Waals surface area contributed by atoms with E-state index in [0.717, 1.165) is 11.8 Å². The maximum Gasteiger partial charge on any atom is 0.418 e. The van der Waals surface area contributed by atoms with Crippen LogP contribution in [0.1, 0.15) is 5.56 Å². The molecule has 116 valence electrons. The van der Waals surface area contributed by atoms with Crippen LogP contribution in [0.3, 0.4) is 0 Å². The number of methoxy groups -OCH3 is 1. The Morgan fingerprint density at radius 1 is 1.48 bits per heavy atom. The molecule has 21 heavy (non-hydrogen) atoms. The van der Waals surface area contributed by atoms with Crippen molar-refractivity contribution in [3.05, 3.63) is 23.8 Å². The summed E-state index contributed by atoms with van der Waals surface area (Å²) in [6, 6.07) is 2.98. The van der Waals surface area contributed by atoms with E-state index in [0.29, 0.717) is 12.3 Å². The minimum Gasteiger partial charge on any atom is -0.497 e. The highest BCUT2D eigenvalue weighted by atomic mass is 32.2. The number of amides is 1. The predicted octanol–water partition coefficient (Wildman–Crippen LogP) is 2.36. The van der Waals surface area contributed by atoms with Crippen LogP contribution in [0.4, 0.5) is 18.9 Å². The maximum atomic E-state index is 13.0. The van der Waals surface area contributed by atoms with Gasteiger partial charge >= 0.3 is 6.18 Å². The number of thioether (sulfide) groups is 1. The number of halogens is 3. The van der Waals surface area contributed by atoms with Gasteiger partial charge in [-0.15, -0.1) is 0 Å². The Bertz CT molecular complexity index is 517. The molecule has 1 saturated heterocycles. The van der Waals surface area contributed by atoms with Crippen molar-refractivity contribution < 1.29 is 22.7 Å². The molecule has 0 spiro atoms. The van der Waals surface area contributed by atoms with Crippen LogP contribution in [0.25, 0.3) is 0 Å². The first-order chi connectivity index (χ1) is 9.91. The molecule has 1 aromatic carbocycles. The van der Waals surface area contributed by atoms with Crippen molar-refractivity contribution in [1.29, 1.82) is 0 Å². The number of ether oxygens (including phenoxy) is 1. The lowest BCUT2D eigenvalue weighted by atomic mass is 10.1. The molecule has 2 rings (SSSR count). The van der Waals surface area contributed by atoms with Gasteiger partial charge in [0.1, 0.15) is 5.75 Å². The number of carbonyl (C=O) groups is 1. The summed E-state index contributed by atoms with van der Waals surface area (Å²) in [4.78, 5) is 12.0. The summed E-state index contributed by atoms with van der Waals surface area (Å²) in [7, 11) is 1.29. The van der Waals surface area contributed by atoms with Gasteiger partial charge in [0.25, 0.3) is 0 Å². The molecular weight excluding hydrogens is 305 g/mol. The van der Waals surface area contributed by atoms with E-state index in [1.54, 1.807) is 11.8 Å². The molecule has 1 atom stereocenters. The van der Waals surface area contributed by atoms with Gasteiger partial charge < -0.3 is 15.4 Å². The third-order valence-corrected chi connectivity index (χ3v) is 4.09. The average molecular weight is 320 g/mol. The Kier molecular flexibility index (Phi) is 5.00. The summed E-state index contributed by atoms with van der Waals surface area (Å²) in [5.41, 5.74) is -1.18. The van der Waals surface area contributed by atoms with E-state index in [1.807, 2.05) is 0 Å². The molecule has 1 aliphatic rings. The zero-order chi connectivity index (χ0) is 15.5. The SMILES string of the molecule is COc1ccc(NC(=O)C2CSCCN2)c(C(F)(F)F)c1. The molecule has 4 nitrogen and oxygen atoms in total. The van der Waals surface area contributed by atoms with Crippen LogP contribution in [-0.4, -0.2) is 37.1 Å². The van der Waals surface area contributed by atoms with Gasteiger partial charge in [0.05, 0.1) is 24.4 Å². The van der Waals surface area contributed by atoms with Crippen molar-refractivity contribution in [2.24, 2.45) is 0 Å². The molecule has 1 unspecified atom stereocenters. The Hall–Kier alpha value is -1.41. The van der Waals surface area contributed by atoms with Gasteiger partial charge in [0.15, 0.2) is 0 Å². The van der Waals surface area contributed by atoms with Gasteiger partial charge in [-0.3, -0.25) is 4.79 Å². The largest absolute Gasteiger partial charge is 0.497 e. The van der Waals surface area contributed by atoms with Gasteiger partial charge in [-0.05, 0) is 18.2 Å².